The Morgan fingerprint density at radius 3 is 2.56 bits per heavy atom. The third kappa shape index (κ3) is 3.69. The summed E-state index contributed by atoms with van der Waals surface area (Å²) in [6.45, 7) is 2.50. The number of aryl methyl sites for hydroxylation is 1. The minimum Gasteiger partial charge on any atom is -0.321 e. The molecule has 0 bridgehead atoms. The van der Waals surface area contributed by atoms with Crippen molar-refractivity contribution in [2.45, 2.75) is 13.5 Å². The quantitative estimate of drug-likeness (QED) is 0.652. The fourth-order valence-corrected chi connectivity index (χ4v) is 2.45. The lowest BCUT2D eigenvalue weighted by Crippen LogP contribution is -2.17. The number of halogens is 1. The Bertz CT molecular complexity index is 917. The summed E-state index contributed by atoms with van der Waals surface area (Å²) in [4.78, 5) is 24.5. The van der Waals surface area contributed by atoms with Crippen molar-refractivity contribution in [2.75, 3.05) is 10.6 Å². The lowest BCUT2D eigenvalue weighted by Gasteiger charge is -2.09. The number of aromatic nitrogens is 4. The van der Waals surface area contributed by atoms with Crippen LogP contribution in [0.25, 0.3) is 0 Å². The Morgan fingerprint density at radius 2 is 1.92 bits per heavy atom. The van der Waals surface area contributed by atoms with Crippen molar-refractivity contribution in [2.24, 2.45) is 0 Å². The van der Waals surface area contributed by atoms with Gasteiger partial charge in [0.2, 0.25) is 0 Å². The van der Waals surface area contributed by atoms with Gasteiger partial charge in [-0.1, -0.05) is 17.7 Å². The largest absolute Gasteiger partial charge is 0.321 e. The number of nitrogens with zero attached hydrogens (tertiary/aromatic N) is 3. The van der Waals surface area contributed by atoms with Gasteiger partial charge in [-0.25, -0.2) is 0 Å². The van der Waals surface area contributed by atoms with Crippen LogP contribution in [0, 0.1) is 0 Å². The van der Waals surface area contributed by atoms with Gasteiger partial charge in [-0.2, -0.15) is 10.2 Å². The second-order valence-electron chi connectivity index (χ2n) is 5.11. The molecule has 2 heterocycles. The second-order valence-corrected chi connectivity index (χ2v) is 5.52. The van der Waals surface area contributed by atoms with Crippen molar-refractivity contribution in [3.8, 4) is 0 Å². The molecule has 3 N–H and O–H groups in total. The number of aromatic amines is 1. The lowest BCUT2D eigenvalue weighted by atomic mass is 10.2. The molecule has 0 atom stereocenters. The summed E-state index contributed by atoms with van der Waals surface area (Å²) >= 11 is 5.87. The van der Waals surface area contributed by atoms with Crippen molar-refractivity contribution in [1.29, 1.82) is 0 Å². The second kappa shape index (κ2) is 7.18. The predicted octanol–water partition coefficient (Wildman–Crippen LogP) is 2.78. The number of H-pyrrole nitrogens is 1. The number of nitrogens with one attached hydrogen (secondary N) is 3. The molecule has 3 aromatic rings. The molecule has 0 aliphatic carbocycles. The van der Waals surface area contributed by atoms with Crippen LogP contribution in [0.5, 0.6) is 0 Å². The Hall–Kier alpha value is -3.13. The summed E-state index contributed by atoms with van der Waals surface area (Å²) in [5, 5.41) is 16.0. The number of benzene rings is 1. The van der Waals surface area contributed by atoms with E-state index in [9.17, 15) is 9.59 Å². The van der Waals surface area contributed by atoms with Gasteiger partial charge < -0.3 is 10.6 Å². The minimum atomic E-state index is -0.421. The van der Waals surface area contributed by atoms with E-state index < -0.39 is 5.91 Å². The topological polar surface area (TPSA) is 105 Å². The molecule has 0 aliphatic rings. The Balaban J connectivity index is 1.72. The number of carbonyl (C=O) groups is 2. The van der Waals surface area contributed by atoms with Gasteiger partial charge in [0, 0.05) is 24.1 Å². The van der Waals surface area contributed by atoms with Crippen LogP contribution < -0.4 is 10.6 Å². The van der Waals surface area contributed by atoms with Gasteiger partial charge in [-0.05, 0) is 31.2 Å². The molecule has 0 spiro atoms. The predicted molar refractivity (Wildman–Crippen MR) is 93.8 cm³/mol. The van der Waals surface area contributed by atoms with E-state index in [2.05, 4.69) is 25.9 Å². The van der Waals surface area contributed by atoms with E-state index in [0.29, 0.717) is 23.6 Å². The van der Waals surface area contributed by atoms with Crippen LogP contribution in [0.15, 0.2) is 42.7 Å². The maximum absolute atomic E-state index is 12.3. The monoisotopic (exact) mass is 358 g/mol. The van der Waals surface area contributed by atoms with E-state index in [0.717, 1.165) is 0 Å². The molecule has 0 saturated carbocycles. The van der Waals surface area contributed by atoms with Crippen molar-refractivity contribution in [3.05, 3.63) is 59.1 Å². The summed E-state index contributed by atoms with van der Waals surface area (Å²) in [6, 6.07) is 8.44. The Kier molecular flexibility index (Phi) is 4.80. The zero-order chi connectivity index (χ0) is 17.8. The van der Waals surface area contributed by atoms with Crippen LogP contribution >= 0.6 is 11.6 Å². The van der Waals surface area contributed by atoms with Crippen molar-refractivity contribution >= 4 is 34.8 Å². The molecule has 25 heavy (non-hydrogen) atoms. The van der Waals surface area contributed by atoms with Gasteiger partial charge in [-0.3, -0.25) is 19.4 Å². The molecular weight excluding hydrogens is 344 g/mol. The molecule has 0 fully saturated rings. The number of anilines is 2. The fraction of sp³-hybridized carbons (Fsp3) is 0.125. The standard InChI is InChI=1S/C16H15ClN6O2/c1-2-23-13(6-7-19-23)15(24)20-10-4-3-5-11(8-10)21-16(25)14-12(17)9-18-22-14/h3-9H,2H2,1H3,(H,18,22)(H,20,24)(H,21,25). The SMILES string of the molecule is CCn1nccc1C(=O)Nc1cccc(NC(=O)c2[nH]ncc2Cl)c1. The van der Waals surface area contributed by atoms with Gasteiger partial charge in [0.1, 0.15) is 11.4 Å². The van der Waals surface area contributed by atoms with Crippen LogP contribution in [0.2, 0.25) is 5.02 Å². The molecule has 9 heteroatoms. The number of amides is 2. The molecule has 0 saturated heterocycles. The number of hydrogen-bond donors (Lipinski definition) is 3. The molecule has 128 valence electrons. The zero-order valence-electron chi connectivity index (χ0n) is 13.3. The first kappa shape index (κ1) is 16.7. The van der Waals surface area contributed by atoms with E-state index in [4.69, 9.17) is 11.6 Å². The van der Waals surface area contributed by atoms with Crippen LogP contribution in [0.4, 0.5) is 11.4 Å². The first-order chi connectivity index (χ1) is 12.1. The number of carbonyl (C=O) groups excluding carboxylic acids is 2. The van der Waals surface area contributed by atoms with Gasteiger partial charge in [-0.15, -0.1) is 0 Å². The first-order valence-electron chi connectivity index (χ1n) is 7.52. The van der Waals surface area contributed by atoms with Crippen molar-refractivity contribution in [1.82, 2.24) is 20.0 Å². The molecule has 8 nitrogen and oxygen atoms in total. The van der Waals surface area contributed by atoms with E-state index in [1.54, 1.807) is 41.2 Å². The summed E-state index contributed by atoms with van der Waals surface area (Å²) in [5.41, 5.74) is 1.68. The Labute approximate surface area is 148 Å². The molecule has 0 aliphatic heterocycles. The summed E-state index contributed by atoms with van der Waals surface area (Å²) < 4.78 is 1.60. The Morgan fingerprint density at radius 1 is 1.20 bits per heavy atom. The van der Waals surface area contributed by atoms with Gasteiger partial charge >= 0.3 is 0 Å². The summed E-state index contributed by atoms with van der Waals surface area (Å²) in [7, 11) is 0. The maximum atomic E-state index is 12.3. The van der Waals surface area contributed by atoms with Crippen LogP contribution in [-0.2, 0) is 6.54 Å². The molecule has 0 radical (unpaired) electrons. The highest BCUT2D eigenvalue weighted by Gasteiger charge is 2.14. The molecule has 1 aromatic carbocycles. The summed E-state index contributed by atoms with van der Waals surface area (Å²) in [6.07, 6.45) is 2.92. The van der Waals surface area contributed by atoms with E-state index in [1.807, 2.05) is 6.92 Å². The van der Waals surface area contributed by atoms with Crippen LogP contribution in [-0.4, -0.2) is 31.8 Å². The van der Waals surface area contributed by atoms with E-state index in [-0.39, 0.29) is 16.6 Å². The zero-order valence-corrected chi connectivity index (χ0v) is 14.0. The molecule has 2 amide bonds. The molecule has 0 unspecified atom stereocenters. The van der Waals surface area contributed by atoms with Crippen LogP contribution in [0.1, 0.15) is 27.9 Å². The number of rotatable bonds is 5. The third-order valence-corrected chi connectivity index (χ3v) is 3.73. The highest BCUT2D eigenvalue weighted by atomic mass is 35.5. The average molecular weight is 359 g/mol. The first-order valence-corrected chi connectivity index (χ1v) is 7.89. The highest BCUT2D eigenvalue weighted by molar-refractivity contribution is 6.34. The third-order valence-electron chi connectivity index (χ3n) is 3.45. The number of hydrogen-bond acceptors (Lipinski definition) is 4. The van der Waals surface area contributed by atoms with Gasteiger partial charge in [0.05, 0.1) is 11.2 Å². The molecular formula is C16H15ClN6O2. The lowest BCUT2D eigenvalue weighted by molar-refractivity contribution is 0.101. The molecule has 2 aromatic heterocycles. The molecule has 3 rings (SSSR count). The summed E-state index contributed by atoms with van der Waals surface area (Å²) in [5.74, 6) is -0.700. The van der Waals surface area contributed by atoms with Gasteiger partial charge in [0.15, 0.2) is 0 Å². The van der Waals surface area contributed by atoms with Gasteiger partial charge in [0.25, 0.3) is 11.8 Å². The van der Waals surface area contributed by atoms with E-state index >= 15 is 0 Å². The van der Waals surface area contributed by atoms with Crippen molar-refractivity contribution in [3.63, 3.8) is 0 Å². The van der Waals surface area contributed by atoms with Crippen molar-refractivity contribution < 1.29 is 9.59 Å². The minimum absolute atomic E-state index is 0.169. The van der Waals surface area contributed by atoms with E-state index in [1.165, 1.54) is 6.20 Å². The fourth-order valence-electron chi connectivity index (χ4n) is 2.27. The maximum Gasteiger partial charge on any atom is 0.275 e. The highest BCUT2D eigenvalue weighted by Crippen LogP contribution is 2.18. The smallest absolute Gasteiger partial charge is 0.275 e. The normalized spacial score (nSPS) is 10.5. The average Bonchev–Trinajstić information content (AvgIpc) is 3.23. The van der Waals surface area contributed by atoms with Crippen LogP contribution in [0.3, 0.4) is 0 Å².